The van der Waals surface area contributed by atoms with Crippen LogP contribution in [0.15, 0.2) is 30.3 Å². The largest absolute Gasteiger partial charge is 0.326 e. The lowest BCUT2D eigenvalue weighted by Crippen LogP contribution is -2.05. The summed E-state index contributed by atoms with van der Waals surface area (Å²) in [4.78, 5) is 11.0. The maximum Gasteiger partial charge on any atom is 0.221 e. The lowest BCUT2D eigenvalue weighted by molar-refractivity contribution is -0.114. The molecular weight excluding hydrogens is 248 g/mol. The maximum atomic E-state index is 13.8. The van der Waals surface area contributed by atoms with E-state index < -0.39 is 11.6 Å². The molecule has 4 heteroatoms. The Morgan fingerprint density at radius 3 is 2.68 bits per heavy atom. The van der Waals surface area contributed by atoms with Crippen LogP contribution < -0.4 is 5.32 Å². The topological polar surface area (TPSA) is 29.1 Å². The number of fused-ring (bicyclic) bond motifs is 3. The summed E-state index contributed by atoms with van der Waals surface area (Å²) in [6, 6.07) is 7.53. The number of hydrogen-bond donors (Lipinski definition) is 1. The fourth-order valence-corrected chi connectivity index (χ4v) is 2.54. The van der Waals surface area contributed by atoms with Gasteiger partial charge in [-0.1, -0.05) is 6.07 Å². The Bertz CT molecular complexity index is 695. The number of rotatable bonds is 1. The van der Waals surface area contributed by atoms with E-state index in [1.165, 1.54) is 13.0 Å². The third-order valence-corrected chi connectivity index (χ3v) is 3.21. The Balaban J connectivity index is 2.09. The first-order valence-corrected chi connectivity index (χ1v) is 5.93. The molecule has 0 aliphatic heterocycles. The van der Waals surface area contributed by atoms with Crippen molar-refractivity contribution in [3.63, 3.8) is 0 Å². The summed E-state index contributed by atoms with van der Waals surface area (Å²) in [6.45, 7) is 1.43. The average Bonchev–Trinajstić information content (AvgIpc) is 2.64. The highest BCUT2D eigenvalue weighted by atomic mass is 19.1. The monoisotopic (exact) mass is 259 g/mol. The van der Waals surface area contributed by atoms with Gasteiger partial charge in [-0.2, -0.15) is 0 Å². The minimum atomic E-state index is -0.564. The van der Waals surface area contributed by atoms with E-state index in [0.717, 1.165) is 17.2 Å². The van der Waals surface area contributed by atoms with Crippen LogP contribution in [-0.4, -0.2) is 5.91 Å². The van der Waals surface area contributed by atoms with Crippen LogP contribution in [0.1, 0.15) is 18.1 Å². The second-order valence-corrected chi connectivity index (χ2v) is 4.65. The highest BCUT2D eigenvalue weighted by Crippen LogP contribution is 2.39. The van der Waals surface area contributed by atoms with Gasteiger partial charge in [0.2, 0.25) is 5.91 Å². The van der Waals surface area contributed by atoms with E-state index in [1.54, 1.807) is 18.2 Å². The van der Waals surface area contributed by atoms with Crippen LogP contribution in [0, 0.1) is 11.6 Å². The van der Waals surface area contributed by atoms with Gasteiger partial charge in [0, 0.05) is 24.2 Å². The zero-order valence-corrected chi connectivity index (χ0v) is 10.3. The Kier molecular flexibility index (Phi) is 2.59. The van der Waals surface area contributed by atoms with Crippen molar-refractivity contribution in [1.29, 1.82) is 0 Å². The molecule has 0 bridgehead atoms. The van der Waals surface area contributed by atoms with Gasteiger partial charge in [-0.05, 0) is 41.3 Å². The molecule has 0 unspecified atom stereocenters. The third kappa shape index (κ3) is 1.99. The van der Waals surface area contributed by atoms with E-state index in [1.807, 2.05) is 0 Å². The van der Waals surface area contributed by atoms with Crippen LogP contribution in [0.2, 0.25) is 0 Å². The molecule has 0 atom stereocenters. The van der Waals surface area contributed by atoms with E-state index in [-0.39, 0.29) is 5.91 Å². The molecule has 2 aromatic carbocycles. The summed E-state index contributed by atoms with van der Waals surface area (Å²) in [7, 11) is 0. The van der Waals surface area contributed by atoms with Crippen molar-refractivity contribution < 1.29 is 13.6 Å². The van der Waals surface area contributed by atoms with E-state index >= 15 is 0 Å². The molecule has 3 rings (SSSR count). The Labute approximate surface area is 109 Å². The fraction of sp³-hybridized carbons (Fsp3) is 0.133. The second kappa shape index (κ2) is 4.16. The molecule has 19 heavy (non-hydrogen) atoms. The van der Waals surface area contributed by atoms with Crippen LogP contribution >= 0.6 is 0 Å². The fourth-order valence-electron chi connectivity index (χ4n) is 2.54. The minimum absolute atomic E-state index is 0.160. The Hall–Kier alpha value is -2.23. The van der Waals surface area contributed by atoms with Crippen molar-refractivity contribution in [3.8, 4) is 11.1 Å². The molecule has 0 saturated carbocycles. The standard InChI is InChI=1S/C15H11F2NO/c1-8(19)18-12-2-3-13-9(6-12)4-10-5-11(16)7-14(17)15(10)13/h2-3,5-7H,4H2,1H3,(H,18,19). The Morgan fingerprint density at radius 1 is 1.16 bits per heavy atom. The highest BCUT2D eigenvalue weighted by molar-refractivity contribution is 5.90. The van der Waals surface area contributed by atoms with Crippen LogP contribution in [0.25, 0.3) is 11.1 Å². The number of benzene rings is 2. The van der Waals surface area contributed by atoms with Gasteiger partial charge in [0.05, 0.1) is 0 Å². The Morgan fingerprint density at radius 2 is 1.95 bits per heavy atom. The SMILES string of the molecule is CC(=O)Nc1ccc2c(c1)Cc1cc(F)cc(F)c1-2. The van der Waals surface area contributed by atoms with Gasteiger partial charge < -0.3 is 5.32 Å². The van der Waals surface area contributed by atoms with E-state index in [2.05, 4.69) is 5.32 Å². The number of amides is 1. The van der Waals surface area contributed by atoms with Crippen molar-refractivity contribution in [1.82, 2.24) is 0 Å². The first-order valence-electron chi connectivity index (χ1n) is 5.93. The van der Waals surface area contributed by atoms with Crippen molar-refractivity contribution in [2.24, 2.45) is 0 Å². The molecule has 0 spiro atoms. The predicted molar refractivity (Wildman–Crippen MR) is 68.9 cm³/mol. The summed E-state index contributed by atoms with van der Waals surface area (Å²) in [5.41, 5.74) is 3.44. The van der Waals surface area contributed by atoms with Gasteiger partial charge in [-0.3, -0.25) is 4.79 Å². The first-order chi connectivity index (χ1) is 9.04. The second-order valence-electron chi connectivity index (χ2n) is 4.65. The summed E-state index contributed by atoms with van der Waals surface area (Å²) in [5.74, 6) is -1.26. The summed E-state index contributed by atoms with van der Waals surface area (Å²) < 4.78 is 27.0. The summed E-state index contributed by atoms with van der Waals surface area (Å²) in [6.07, 6.45) is 0.479. The van der Waals surface area contributed by atoms with Crippen LogP contribution in [-0.2, 0) is 11.2 Å². The van der Waals surface area contributed by atoms with E-state index in [0.29, 0.717) is 23.2 Å². The molecule has 96 valence electrons. The predicted octanol–water partition coefficient (Wildman–Crippen LogP) is 3.49. The van der Waals surface area contributed by atoms with Crippen LogP contribution in [0.5, 0.6) is 0 Å². The van der Waals surface area contributed by atoms with Crippen molar-refractivity contribution in [3.05, 3.63) is 53.1 Å². The third-order valence-electron chi connectivity index (χ3n) is 3.21. The number of nitrogens with one attached hydrogen (secondary N) is 1. The van der Waals surface area contributed by atoms with Gasteiger partial charge in [0.1, 0.15) is 11.6 Å². The lowest BCUT2D eigenvalue weighted by atomic mass is 10.0. The van der Waals surface area contributed by atoms with E-state index in [4.69, 9.17) is 0 Å². The van der Waals surface area contributed by atoms with Crippen molar-refractivity contribution in [2.45, 2.75) is 13.3 Å². The van der Waals surface area contributed by atoms with Crippen LogP contribution in [0.3, 0.4) is 0 Å². The minimum Gasteiger partial charge on any atom is -0.326 e. The molecule has 1 aliphatic carbocycles. The molecular formula is C15H11F2NO. The molecule has 0 radical (unpaired) electrons. The van der Waals surface area contributed by atoms with Gasteiger partial charge in [-0.25, -0.2) is 8.78 Å². The molecule has 0 saturated heterocycles. The smallest absolute Gasteiger partial charge is 0.221 e. The molecule has 0 aromatic heterocycles. The first kappa shape index (κ1) is 11.8. The number of carbonyl (C=O) groups excluding carboxylic acids is 1. The molecule has 2 aromatic rings. The summed E-state index contributed by atoms with van der Waals surface area (Å²) >= 11 is 0. The average molecular weight is 259 g/mol. The molecule has 0 heterocycles. The zero-order valence-electron chi connectivity index (χ0n) is 10.3. The molecule has 1 aliphatic rings. The molecule has 0 fully saturated rings. The highest BCUT2D eigenvalue weighted by Gasteiger charge is 2.23. The quantitative estimate of drug-likeness (QED) is 0.712. The maximum absolute atomic E-state index is 13.8. The number of anilines is 1. The molecule has 1 amide bonds. The zero-order chi connectivity index (χ0) is 13.6. The van der Waals surface area contributed by atoms with E-state index in [9.17, 15) is 13.6 Å². The number of hydrogen-bond acceptors (Lipinski definition) is 1. The normalized spacial score (nSPS) is 11.9. The van der Waals surface area contributed by atoms with Gasteiger partial charge in [-0.15, -0.1) is 0 Å². The lowest BCUT2D eigenvalue weighted by Gasteiger charge is -2.06. The van der Waals surface area contributed by atoms with Crippen LogP contribution in [0.4, 0.5) is 14.5 Å². The number of carbonyl (C=O) groups is 1. The molecule has 1 N–H and O–H groups in total. The van der Waals surface area contributed by atoms with Gasteiger partial charge in [0.15, 0.2) is 0 Å². The number of halogens is 2. The summed E-state index contributed by atoms with van der Waals surface area (Å²) in [5, 5.41) is 2.68. The van der Waals surface area contributed by atoms with Crippen molar-refractivity contribution in [2.75, 3.05) is 5.32 Å². The van der Waals surface area contributed by atoms with Gasteiger partial charge >= 0.3 is 0 Å². The molecule has 2 nitrogen and oxygen atoms in total. The van der Waals surface area contributed by atoms with Gasteiger partial charge in [0.25, 0.3) is 0 Å². The van der Waals surface area contributed by atoms with Crippen molar-refractivity contribution >= 4 is 11.6 Å².